The van der Waals surface area contributed by atoms with Crippen LogP contribution < -0.4 is 5.32 Å². The van der Waals surface area contributed by atoms with Crippen LogP contribution in [0.5, 0.6) is 0 Å². The summed E-state index contributed by atoms with van der Waals surface area (Å²) in [6.07, 6.45) is 3.70. The molecular formula is C22H18N4. The standard InChI is InChI=1S/C22H18N4/c1-15(17-10-6-8-16-7-2-3-9-18(16)17)24-22-21-13-23-14-26(21)20-12-5-4-11-19(20)25-22/h2-15H,1H3,(H,24,25). The molecule has 0 fully saturated rings. The number of hydrogen-bond donors (Lipinski definition) is 1. The van der Waals surface area contributed by atoms with Crippen molar-refractivity contribution in [1.29, 1.82) is 0 Å². The summed E-state index contributed by atoms with van der Waals surface area (Å²) in [6, 6.07) is 23.2. The highest BCUT2D eigenvalue weighted by Gasteiger charge is 2.13. The number of aromatic nitrogens is 3. The number of para-hydroxylation sites is 2. The zero-order valence-corrected chi connectivity index (χ0v) is 14.4. The maximum absolute atomic E-state index is 4.85. The van der Waals surface area contributed by atoms with Crippen molar-refractivity contribution in [3.8, 4) is 0 Å². The smallest absolute Gasteiger partial charge is 0.153 e. The zero-order chi connectivity index (χ0) is 17.5. The highest BCUT2D eigenvalue weighted by Crippen LogP contribution is 2.29. The first-order chi connectivity index (χ1) is 12.8. The second-order valence-electron chi connectivity index (χ2n) is 6.53. The van der Waals surface area contributed by atoms with Gasteiger partial charge in [-0.25, -0.2) is 9.97 Å². The van der Waals surface area contributed by atoms with Gasteiger partial charge >= 0.3 is 0 Å². The maximum Gasteiger partial charge on any atom is 0.153 e. The van der Waals surface area contributed by atoms with E-state index in [0.29, 0.717) is 0 Å². The van der Waals surface area contributed by atoms with Crippen molar-refractivity contribution in [3.63, 3.8) is 0 Å². The summed E-state index contributed by atoms with van der Waals surface area (Å²) in [5.74, 6) is 0.849. The Morgan fingerprint density at radius 1 is 0.885 bits per heavy atom. The number of benzene rings is 3. The number of rotatable bonds is 3. The fraction of sp³-hybridized carbons (Fsp3) is 0.0909. The molecule has 3 aromatic carbocycles. The molecule has 0 bridgehead atoms. The van der Waals surface area contributed by atoms with E-state index < -0.39 is 0 Å². The summed E-state index contributed by atoms with van der Waals surface area (Å²) in [6.45, 7) is 2.17. The summed E-state index contributed by atoms with van der Waals surface area (Å²) in [5, 5.41) is 6.11. The number of fused-ring (bicyclic) bond motifs is 4. The van der Waals surface area contributed by atoms with Gasteiger partial charge in [0.05, 0.1) is 29.6 Å². The number of hydrogen-bond acceptors (Lipinski definition) is 3. The van der Waals surface area contributed by atoms with Gasteiger partial charge in [-0.15, -0.1) is 0 Å². The van der Waals surface area contributed by atoms with E-state index >= 15 is 0 Å². The van der Waals surface area contributed by atoms with Crippen molar-refractivity contribution in [2.24, 2.45) is 0 Å². The molecule has 0 aliphatic heterocycles. The number of imidazole rings is 1. The first-order valence-electron chi connectivity index (χ1n) is 8.76. The van der Waals surface area contributed by atoms with Gasteiger partial charge in [0.25, 0.3) is 0 Å². The van der Waals surface area contributed by atoms with Gasteiger partial charge in [0.2, 0.25) is 0 Å². The van der Waals surface area contributed by atoms with E-state index in [-0.39, 0.29) is 6.04 Å². The van der Waals surface area contributed by atoms with Crippen LogP contribution in [0.2, 0.25) is 0 Å². The quantitative estimate of drug-likeness (QED) is 0.491. The third-order valence-electron chi connectivity index (χ3n) is 4.90. The normalized spacial score (nSPS) is 12.7. The third-order valence-corrected chi connectivity index (χ3v) is 4.90. The molecule has 2 aromatic heterocycles. The minimum absolute atomic E-state index is 0.119. The maximum atomic E-state index is 4.85. The van der Waals surface area contributed by atoms with Crippen molar-refractivity contribution in [1.82, 2.24) is 14.4 Å². The zero-order valence-electron chi connectivity index (χ0n) is 14.4. The van der Waals surface area contributed by atoms with Gasteiger partial charge in [0.15, 0.2) is 5.82 Å². The second kappa shape index (κ2) is 5.85. The monoisotopic (exact) mass is 338 g/mol. The minimum atomic E-state index is 0.119. The Hall–Kier alpha value is -3.40. The van der Waals surface area contributed by atoms with E-state index in [1.165, 1.54) is 16.3 Å². The Balaban J connectivity index is 1.63. The molecule has 5 aromatic rings. The lowest BCUT2D eigenvalue weighted by molar-refractivity contribution is 0.886. The molecule has 1 N–H and O–H groups in total. The Kier molecular flexibility index (Phi) is 3.35. The lowest BCUT2D eigenvalue weighted by Gasteiger charge is -2.18. The lowest BCUT2D eigenvalue weighted by Crippen LogP contribution is -2.10. The van der Waals surface area contributed by atoms with Gasteiger partial charge in [-0.1, -0.05) is 54.6 Å². The summed E-state index contributed by atoms with van der Waals surface area (Å²) in [5.41, 5.74) is 4.25. The van der Waals surface area contributed by atoms with Crippen LogP contribution in [-0.4, -0.2) is 14.4 Å². The molecule has 0 aliphatic rings. The van der Waals surface area contributed by atoms with Gasteiger partial charge < -0.3 is 5.32 Å². The molecule has 0 aliphatic carbocycles. The third kappa shape index (κ3) is 2.30. The molecule has 4 heteroatoms. The molecule has 0 spiro atoms. The second-order valence-corrected chi connectivity index (χ2v) is 6.53. The van der Waals surface area contributed by atoms with Gasteiger partial charge in [-0.2, -0.15) is 0 Å². The predicted octanol–water partition coefficient (Wildman–Crippen LogP) is 5.21. The molecule has 0 saturated carbocycles. The highest BCUT2D eigenvalue weighted by atomic mass is 15.1. The van der Waals surface area contributed by atoms with Crippen molar-refractivity contribution in [2.45, 2.75) is 13.0 Å². The molecule has 1 atom stereocenters. The molecule has 0 radical (unpaired) electrons. The molecular weight excluding hydrogens is 320 g/mol. The molecule has 1 unspecified atom stereocenters. The Morgan fingerprint density at radius 2 is 1.69 bits per heavy atom. The SMILES string of the molecule is CC(Nc1nc2ccccc2n2cncc12)c1cccc2ccccc12. The van der Waals surface area contributed by atoms with Gasteiger partial charge in [0.1, 0.15) is 5.52 Å². The molecule has 5 rings (SSSR count). The summed E-state index contributed by atoms with van der Waals surface area (Å²) in [4.78, 5) is 9.17. The van der Waals surface area contributed by atoms with E-state index in [0.717, 1.165) is 22.4 Å². The summed E-state index contributed by atoms with van der Waals surface area (Å²) >= 11 is 0. The first kappa shape index (κ1) is 14.9. The van der Waals surface area contributed by atoms with Crippen LogP contribution in [0.25, 0.3) is 27.3 Å². The number of anilines is 1. The van der Waals surface area contributed by atoms with E-state index in [9.17, 15) is 0 Å². The van der Waals surface area contributed by atoms with E-state index in [1.54, 1.807) is 0 Å². The van der Waals surface area contributed by atoms with Crippen LogP contribution in [0, 0.1) is 0 Å². The molecule has 0 saturated heterocycles. The van der Waals surface area contributed by atoms with Crippen molar-refractivity contribution in [3.05, 3.63) is 84.8 Å². The number of nitrogens with zero attached hydrogens (tertiary/aromatic N) is 3. The molecule has 0 amide bonds. The molecule has 26 heavy (non-hydrogen) atoms. The molecule has 2 heterocycles. The largest absolute Gasteiger partial charge is 0.362 e. The first-order valence-corrected chi connectivity index (χ1v) is 8.76. The summed E-state index contributed by atoms with van der Waals surface area (Å²) in [7, 11) is 0. The van der Waals surface area contributed by atoms with Crippen molar-refractivity contribution >= 4 is 33.1 Å². The Bertz CT molecular complexity index is 1230. The van der Waals surface area contributed by atoms with Crippen LogP contribution in [0.15, 0.2) is 79.3 Å². The fourth-order valence-electron chi connectivity index (χ4n) is 3.62. The van der Waals surface area contributed by atoms with Crippen LogP contribution in [0.4, 0.5) is 5.82 Å². The van der Waals surface area contributed by atoms with Crippen LogP contribution in [0.3, 0.4) is 0 Å². The van der Waals surface area contributed by atoms with Crippen LogP contribution in [0.1, 0.15) is 18.5 Å². The number of nitrogens with one attached hydrogen (secondary N) is 1. The van der Waals surface area contributed by atoms with E-state index in [1.807, 2.05) is 30.7 Å². The van der Waals surface area contributed by atoms with Gasteiger partial charge in [-0.05, 0) is 35.4 Å². The predicted molar refractivity (Wildman–Crippen MR) is 106 cm³/mol. The van der Waals surface area contributed by atoms with Crippen molar-refractivity contribution < 1.29 is 0 Å². The summed E-state index contributed by atoms with van der Waals surface area (Å²) < 4.78 is 2.08. The molecule has 126 valence electrons. The van der Waals surface area contributed by atoms with E-state index in [2.05, 4.69) is 70.2 Å². The average molecular weight is 338 g/mol. The lowest BCUT2D eigenvalue weighted by atomic mass is 10.00. The van der Waals surface area contributed by atoms with Crippen LogP contribution in [-0.2, 0) is 0 Å². The topological polar surface area (TPSA) is 42.2 Å². The minimum Gasteiger partial charge on any atom is -0.362 e. The van der Waals surface area contributed by atoms with Gasteiger partial charge in [-0.3, -0.25) is 4.40 Å². The Labute approximate surface area is 151 Å². The fourth-order valence-corrected chi connectivity index (χ4v) is 3.62. The molecule has 4 nitrogen and oxygen atoms in total. The van der Waals surface area contributed by atoms with Crippen molar-refractivity contribution in [2.75, 3.05) is 5.32 Å². The Morgan fingerprint density at radius 3 is 2.65 bits per heavy atom. The van der Waals surface area contributed by atoms with Crippen LogP contribution >= 0.6 is 0 Å². The average Bonchev–Trinajstić information content (AvgIpc) is 3.18. The van der Waals surface area contributed by atoms with E-state index in [4.69, 9.17) is 4.98 Å². The highest BCUT2D eigenvalue weighted by molar-refractivity contribution is 5.87. The van der Waals surface area contributed by atoms with Gasteiger partial charge in [0, 0.05) is 0 Å².